The third kappa shape index (κ3) is 11.0. The minimum absolute atomic E-state index is 0.0968. The molecule has 0 saturated heterocycles. The van der Waals surface area contributed by atoms with Gasteiger partial charge in [-0.15, -0.1) is 0 Å². The van der Waals surface area contributed by atoms with Crippen LogP contribution in [0.3, 0.4) is 0 Å². The molecule has 1 aromatic carbocycles. The number of ether oxygens (including phenoxy) is 1. The van der Waals surface area contributed by atoms with Gasteiger partial charge >= 0.3 is 6.09 Å². The highest BCUT2D eigenvalue weighted by Crippen LogP contribution is 2.16. The van der Waals surface area contributed by atoms with Crippen LogP contribution in [0, 0.1) is 0 Å². The molecule has 1 saturated carbocycles. The van der Waals surface area contributed by atoms with Crippen LogP contribution in [-0.2, 0) is 25.7 Å². The Bertz CT molecular complexity index is 718. The van der Waals surface area contributed by atoms with Crippen molar-refractivity contribution in [3.05, 3.63) is 35.9 Å². The third-order valence-corrected chi connectivity index (χ3v) is 4.97. The zero-order valence-corrected chi connectivity index (χ0v) is 17.8. The van der Waals surface area contributed by atoms with E-state index in [1.165, 1.54) is 19.3 Å². The van der Waals surface area contributed by atoms with Crippen LogP contribution < -0.4 is 21.3 Å². The Hall–Kier alpha value is -3.10. The Morgan fingerprint density at radius 1 is 0.742 bits per heavy atom. The van der Waals surface area contributed by atoms with Crippen LogP contribution in [0.15, 0.2) is 30.3 Å². The molecule has 1 aliphatic carbocycles. The Balaban J connectivity index is 1.53. The highest BCUT2D eigenvalue weighted by molar-refractivity contribution is 5.89. The predicted octanol–water partition coefficient (Wildman–Crippen LogP) is 1.37. The summed E-state index contributed by atoms with van der Waals surface area (Å²) < 4.78 is 4.99. The fraction of sp³-hybridized carbons (Fsp3) is 0.545. The number of nitrogens with one attached hydrogen (secondary N) is 4. The van der Waals surface area contributed by atoms with E-state index >= 15 is 0 Å². The lowest BCUT2D eigenvalue weighted by Crippen LogP contribution is -2.46. The van der Waals surface area contributed by atoms with Gasteiger partial charge in [-0.3, -0.25) is 14.4 Å². The summed E-state index contributed by atoms with van der Waals surface area (Å²) >= 11 is 0. The van der Waals surface area contributed by atoms with Crippen molar-refractivity contribution < 1.29 is 23.9 Å². The van der Waals surface area contributed by atoms with E-state index in [4.69, 9.17) is 4.74 Å². The maximum Gasteiger partial charge on any atom is 0.407 e. The SMILES string of the molecule is O=C(CNC(=O)CNC(=O)OCc1ccccc1)NCC(=O)NC1CCCCCCC1. The van der Waals surface area contributed by atoms with Crippen LogP contribution in [0.4, 0.5) is 4.79 Å². The van der Waals surface area contributed by atoms with Crippen molar-refractivity contribution >= 4 is 23.8 Å². The maximum atomic E-state index is 12.0. The standard InChI is InChI=1S/C22H32N4O5/c27-19(24-15-21(29)26-18-11-7-2-1-3-8-12-18)13-23-20(28)14-25-22(30)31-16-17-9-5-4-6-10-17/h4-6,9-10,18H,1-3,7-8,11-16H2,(H,23,28)(H,24,27)(H,25,30)(H,26,29). The Kier molecular flexibility index (Phi) is 10.9. The lowest BCUT2D eigenvalue weighted by Gasteiger charge is -2.21. The summed E-state index contributed by atoms with van der Waals surface area (Å²) in [5.74, 6) is -1.24. The van der Waals surface area contributed by atoms with Crippen LogP contribution in [0.2, 0.25) is 0 Å². The first kappa shape index (κ1) is 24.2. The molecule has 2 rings (SSSR count). The van der Waals surface area contributed by atoms with E-state index in [0.717, 1.165) is 31.2 Å². The predicted molar refractivity (Wildman–Crippen MR) is 115 cm³/mol. The molecule has 170 valence electrons. The summed E-state index contributed by atoms with van der Waals surface area (Å²) in [6.07, 6.45) is 7.08. The second-order valence-electron chi connectivity index (χ2n) is 7.58. The van der Waals surface area contributed by atoms with Crippen molar-refractivity contribution in [1.29, 1.82) is 0 Å². The molecule has 0 spiro atoms. The van der Waals surface area contributed by atoms with Gasteiger partial charge in [0.2, 0.25) is 17.7 Å². The first-order chi connectivity index (χ1) is 15.0. The fourth-order valence-corrected chi connectivity index (χ4v) is 3.29. The van der Waals surface area contributed by atoms with Crippen molar-refractivity contribution in [2.24, 2.45) is 0 Å². The summed E-state index contributed by atoms with van der Waals surface area (Å²) in [6.45, 7) is -0.631. The van der Waals surface area contributed by atoms with Crippen LogP contribution in [0.25, 0.3) is 0 Å². The van der Waals surface area contributed by atoms with E-state index in [0.29, 0.717) is 0 Å². The number of carbonyl (C=O) groups excluding carboxylic acids is 4. The minimum Gasteiger partial charge on any atom is -0.445 e. The zero-order chi connectivity index (χ0) is 22.3. The quantitative estimate of drug-likeness (QED) is 0.469. The van der Waals surface area contributed by atoms with E-state index < -0.39 is 17.9 Å². The van der Waals surface area contributed by atoms with E-state index in [9.17, 15) is 19.2 Å². The van der Waals surface area contributed by atoms with E-state index in [2.05, 4.69) is 21.3 Å². The van der Waals surface area contributed by atoms with Gasteiger partial charge in [-0.05, 0) is 18.4 Å². The molecule has 0 atom stereocenters. The highest BCUT2D eigenvalue weighted by Gasteiger charge is 2.15. The largest absolute Gasteiger partial charge is 0.445 e. The van der Waals surface area contributed by atoms with E-state index in [1.807, 2.05) is 30.3 Å². The highest BCUT2D eigenvalue weighted by atomic mass is 16.5. The number of hydrogen-bond donors (Lipinski definition) is 4. The Labute approximate surface area is 182 Å². The van der Waals surface area contributed by atoms with Gasteiger partial charge in [-0.1, -0.05) is 62.4 Å². The molecule has 4 N–H and O–H groups in total. The molecular formula is C22H32N4O5. The average molecular weight is 433 g/mol. The van der Waals surface area contributed by atoms with Crippen LogP contribution in [0.1, 0.15) is 50.5 Å². The average Bonchev–Trinajstić information content (AvgIpc) is 2.75. The molecule has 4 amide bonds. The molecule has 9 nitrogen and oxygen atoms in total. The van der Waals surface area contributed by atoms with Gasteiger partial charge in [0, 0.05) is 6.04 Å². The second kappa shape index (κ2) is 14.0. The maximum absolute atomic E-state index is 12.0. The molecule has 0 aliphatic heterocycles. The molecule has 0 unspecified atom stereocenters. The summed E-state index contributed by atoms with van der Waals surface area (Å²) in [4.78, 5) is 47.2. The Morgan fingerprint density at radius 3 is 1.94 bits per heavy atom. The third-order valence-electron chi connectivity index (χ3n) is 4.97. The molecule has 0 bridgehead atoms. The topological polar surface area (TPSA) is 126 Å². The molecule has 1 fully saturated rings. The van der Waals surface area contributed by atoms with Gasteiger partial charge in [-0.25, -0.2) is 4.79 Å². The Morgan fingerprint density at radius 2 is 1.29 bits per heavy atom. The monoisotopic (exact) mass is 432 g/mol. The molecule has 9 heteroatoms. The van der Waals surface area contributed by atoms with E-state index in [-0.39, 0.29) is 38.2 Å². The van der Waals surface area contributed by atoms with Crippen molar-refractivity contribution in [2.75, 3.05) is 19.6 Å². The number of hydrogen-bond acceptors (Lipinski definition) is 5. The summed E-state index contributed by atoms with van der Waals surface area (Å²) in [5.41, 5.74) is 0.831. The van der Waals surface area contributed by atoms with E-state index in [1.54, 1.807) is 0 Å². The zero-order valence-electron chi connectivity index (χ0n) is 17.8. The van der Waals surface area contributed by atoms with Crippen molar-refractivity contribution in [3.63, 3.8) is 0 Å². The van der Waals surface area contributed by atoms with Crippen molar-refractivity contribution in [1.82, 2.24) is 21.3 Å². The fourth-order valence-electron chi connectivity index (χ4n) is 3.29. The number of rotatable bonds is 9. The van der Waals surface area contributed by atoms with Gasteiger partial charge in [0.05, 0.1) is 13.1 Å². The van der Waals surface area contributed by atoms with Gasteiger partial charge in [0.1, 0.15) is 13.2 Å². The summed E-state index contributed by atoms with van der Waals surface area (Å²) in [5, 5.41) is 10.1. The molecular weight excluding hydrogens is 400 g/mol. The molecule has 31 heavy (non-hydrogen) atoms. The van der Waals surface area contributed by atoms with Crippen LogP contribution >= 0.6 is 0 Å². The second-order valence-corrected chi connectivity index (χ2v) is 7.58. The molecule has 0 aromatic heterocycles. The van der Waals surface area contributed by atoms with Crippen molar-refractivity contribution in [2.45, 2.75) is 57.6 Å². The normalized spacial score (nSPS) is 14.5. The van der Waals surface area contributed by atoms with Gasteiger partial charge < -0.3 is 26.0 Å². The summed E-state index contributed by atoms with van der Waals surface area (Å²) in [6, 6.07) is 9.31. The first-order valence-electron chi connectivity index (χ1n) is 10.8. The van der Waals surface area contributed by atoms with Gasteiger partial charge in [0.15, 0.2) is 0 Å². The summed E-state index contributed by atoms with van der Waals surface area (Å²) in [7, 11) is 0. The van der Waals surface area contributed by atoms with Gasteiger partial charge in [-0.2, -0.15) is 0 Å². The molecule has 0 heterocycles. The first-order valence-corrected chi connectivity index (χ1v) is 10.8. The van der Waals surface area contributed by atoms with Gasteiger partial charge in [0.25, 0.3) is 0 Å². The lowest BCUT2D eigenvalue weighted by atomic mass is 9.97. The molecule has 0 radical (unpaired) electrons. The minimum atomic E-state index is -0.727. The molecule has 1 aliphatic rings. The number of amides is 4. The van der Waals surface area contributed by atoms with Crippen molar-refractivity contribution in [3.8, 4) is 0 Å². The number of alkyl carbamates (subject to hydrolysis) is 1. The smallest absolute Gasteiger partial charge is 0.407 e. The number of benzene rings is 1. The number of carbonyl (C=O) groups is 4. The molecule has 1 aromatic rings. The van der Waals surface area contributed by atoms with Crippen LogP contribution in [-0.4, -0.2) is 49.5 Å². The lowest BCUT2D eigenvalue weighted by molar-refractivity contribution is -0.127. The van der Waals surface area contributed by atoms with Crippen LogP contribution in [0.5, 0.6) is 0 Å².